The Hall–Kier alpha value is -3.42. The molecule has 0 aromatic heterocycles. The summed E-state index contributed by atoms with van der Waals surface area (Å²) in [5.41, 5.74) is 1.26. The van der Waals surface area contributed by atoms with Gasteiger partial charge in [-0.25, -0.2) is 5.01 Å². The van der Waals surface area contributed by atoms with Gasteiger partial charge in [-0.05, 0) is 18.2 Å². The summed E-state index contributed by atoms with van der Waals surface area (Å²) in [6.45, 7) is 0. The Morgan fingerprint density at radius 2 is 1.88 bits per heavy atom. The third-order valence-corrected chi connectivity index (χ3v) is 3.77. The molecular weight excluding hydrogens is 326 g/mol. The average molecular weight is 341 g/mol. The summed E-state index contributed by atoms with van der Waals surface area (Å²) in [6.07, 6.45) is 0.0432. The van der Waals surface area contributed by atoms with E-state index in [0.29, 0.717) is 17.0 Å². The van der Waals surface area contributed by atoms with Crippen molar-refractivity contribution in [3.8, 4) is 11.5 Å². The number of hydrogen-bond donors (Lipinski definition) is 0. The Morgan fingerprint density at radius 3 is 2.48 bits per heavy atom. The number of nitro benzene ring substituents is 1. The second kappa shape index (κ2) is 6.60. The maximum atomic E-state index is 12.3. The van der Waals surface area contributed by atoms with Gasteiger partial charge in [-0.2, -0.15) is 5.10 Å². The maximum absolute atomic E-state index is 12.3. The Labute approximate surface area is 143 Å². The van der Waals surface area contributed by atoms with E-state index >= 15 is 0 Å². The molecule has 0 spiro atoms. The molecule has 0 aliphatic carbocycles. The molecule has 0 saturated carbocycles. The smallest absolute Gasteiger partial charge is 0.315 e. The number of ether oxygens (including phenoxy) is 2. The van der Waals surface area contributed by atoms with E-state index in [0.717, 1.165) is 0 Å². The average Bonchev–Trinajstić information content (AvgIpc) is 3.02. The molecule has 0 radical (unpaired) electrons. The summed E-state index contributed by atoms with van der Waals surface area (Å²) in [5, 5.41) is 16.9. The van der Waals surface area contributed by atoms with Gasteiger partial charge in [-0.3, -0.25) is 14.9 Å². The van der Waals surface area contributed by atoms with E-state index in [9.17, 15) is 14.9 Å². The fourth-order valence-corrected chi connectivity index (χ4v) is 2.61. The molecule has 8 nitrogen and oxygen atoms in total. The molecule has 1 heterocycles. The van der Waals surface area contributed by atoms with Crippen molar-refractivity contribution in [2.75, 3.05) is 19.2 Å². The van der Waals surface area contributed by atoms with Gasteiger partial charge in [0.25, 0.3) is 5.91 Å². The molecule has 1 amide bonds. The number of carbonyl (C=O) groups is 1. The van der Waals surface area contributed by atoms with Crippen LogP contribution in [-0.4, -0.2) is 30.8 Å². The van der Waals surface area contributed by atoms with Crippen LogP contribution in [0.2, 0.25) is 0 Å². The molecule has 0 unspecified atom stereocenters. The zero-order valence-electron chi connectivity index (χ0n) is 13.6. The first-order valence-corrected chi connectivity index (χ1v) is 7.41. The lowest BCUT2D eigenvalue weighted by molar-refractivity contribution is -0.385. The van der Waals surface area contributed by atoms with Crippen molar-refractivity contribution in [1.29, 1.82) is 0 Å². The van der Waals surface area contributed by atoms with Crippen LogP contribution in [0, 0.1) is 10.1 Å². The molecule has 0 fully saturated rings. The van der Waals surface area contributed by atoms with Gasteiger partial charge in [0, 0.05) is 11.6 Å². The number of nitro groups is 1. The van der Waals surface area contributed by atoms with E-state index in [1.165, 1.54) is 25.3 Å². The summed E-state index contributed by atoms with van der Waals surface area (Å²) in [5.74, 6) is 0.0275. The highest BCUT2D eigenvalue weighted by atomic mass is 16.6. The third kappa shape index (κ3) is 3.01. The number of carbonyl (C=O) groups excluding carboxylic acids is 1. The Morgan fingerprint density at radius 1 is 1.16 bits per heavy atom. The molecule has 8 heteroatoms. The predicted molar refractivity (Wildman–Crippen MR) is 91.3 cm³/mol. The second-order valence-corrected chi connectivity index (χ2v) is 5.25. The number of para-hydroxylation sites is 1. The van der Waals surface area contributed by atoms with Crippen LogP contribution in [0.5, 0.6) is 11.5 Å². The van der Waals surface area contributed by atoms with Crippen LogP contribution >= 0.6 is 0 Å². The highest BCUT2D eigenvalue weighted by molar-refractivity contribution is 6.19. The number of nitrogens with zero attached hydrogens (tertiary/aromatic N) is 3. The minimum absolute atomic E-state index is 0.0288. The molecule has 0 bridgehead atoms. The van der Waals surface area contributed by atoms with Gasteiger partial charge in [-0.1, -0.05) is 18.2 Å². The van der Waals surface area contributed by atoms with Crippen molar-refractivity contribution in [3.05, 3.63) is 58.1 Å². The van der Waals surface area contributed by atoms with Crippen molar-refractivity contribution in [1.82, 2.24) is 0 Å². The fraction of sp³-hybridized carbons (Fsp3) is 0.176. The van der Waals surface area contributed by atoms with Crippen molar-refractivity contribution < 1.29 is 19.2 Å². The first-order valence-electron chi connectivity index (χ1n) is 7.41. The molecule has 0 N–H and O–H groups in total. The van der Waals surface area contributed by atoms with Gasteiger partial charge in [-0.15, -0.1) is 0 Å². The minimum Gasteiger partial charge on any atom is -0.493 e. The lowest BCUT2D eigenvalue weighted by atomic mass is 10.1. The minimum atomic E-state index is -0.558. The van der Waals surface area contributed by atoms with Crippen LogP contribution in [0.4, 0.5) is 11.4 Å². The maximum Gasteiger partial charge on any atom is 0.315 e. The third-order valence-electron chi connectivity index (χ3n) is 3.77. The summed E-state index contributed by atoms with van der Waals surface area (Å²) in [6, 6.07) is 11.9. The first-order chi connectivity index (χ1) is 12.0. The first kappa shape index (κ1) is 16.4. The summed E-state index contributed by atoms with van der Waals surface area (Å²) < 4.78 is 10.3. The second-order valence-electron chi connectivity index (χ2n) is 5.25. The molecule has 128 valence electrons. The van der Waals surface area contributed by atoms with E-state index in [1.807, 2.05) is 6.07 Å². The van der Waals surface area contributed by atoms with E-state index in [4.69, 9.17) is 9.47 Å². The summed E-state index contributed by atoms with van der Waals surface area (Å²) in [7, 11) is 2.72. The van der Waals surface area contributed by atoms with Gasteiger partial charge >= 0.3 is 5.69 Å². The molecule has 1 aliphatic heterocycles. The fourth-order valence-electron chi connectivity index (χ4n) is 2.61. The van der Waals surface area contributed by atoms with Crippen molar-refractivity contribution in [2.45, 2.75) is 6.42 Å². The highest BCUT2D eigenvalue weighted by Gasteiger charge is 2.29. The molecule has 0 saturated heterocycles. The molecule has 1 aliphatic rings. The molecule has 2 aromatic rings. The van der Waals surface area contributed by atoms with E-state index < -0.39 is 4.92 Å². The molecule has 25 heavy (non-hydrogen) atoms. The van der Waals surface area contributed by atoms with Gasteiger partial charge in [0.05, 0.1) is 37.0 Å². The number of anilines is 1. The van der Waals surface area contributed by atoms with Crippen molar-refractivity contribution >= 4 is 23.0 Å². The molecule has 0 atom stereocenters. The van der Waals surface area contributed by atoms with Crippen molar-refractivity contribution in [2.24, 2.45) is 5.10 Å². The van der Waals surface area contributed by atoms with Crippen LogP contribution in [-0.2, 0) is 4.79 Å². The van der Waals surface area contributed by atoms with Crippen LogP contribution < -0.4 is 14.5 Å². The quantitative estimate of drug-likeness (QED) is 0.615. The zero-order chi connectivity index (χ0) is 18.0. The summed E-state index contributed by atoms with van der Waals surface area (Å²) >= 11 is 0. The predicted octanol–water partition coefficient (Wildman–Crippen LogP) is 2.75. The molecule has 3 rings (SSSR count). The monoisotopic (exact) mass is 341 g/mol. The number of hydrazone groups is 1. The van der Waals surface area contributed by atoms with Gasteiger partial charge in [0.2, 0.25) is 5.75 Å². The number of benzene rings is 2. The Balaban J connectivity index is 2.06. The van der Waals surface area contributed by atoms with E-state index in [-0.39, 0.29) is 29.5 Å². The topological polar surface area (TPSA) is 94.3 Å². The zero-order valence-corrected chi connectivity index (χ0v) is 13.6. The highest BCUT2D eigenvalue weighted by Crippen LogP contribution is 2.39. The Bertz CT molecular complexity index is 864. The molecular formula is C17H15N3O5. The van der Waals surface area contributed by atoms with Crippen LogP contribution in [0.3, 0.4) is 0 Å². The Kier molecular flexibility index (Phi) is 4.34. The van der Waals surface area contributed by atoms with Crippen LogP contribution in [0.25, 0.3) is 0 Å². The SMILES string of the molecule is COc1cc(C2=NN(c3ccccc3)C(=O)C2)cc([N+](=O)[O-])c1OC. The van der Waals surface area contributed by atoms with Gasteiger partial charge in [0.15, 0.2) is 5.75 Å². The lowest BCUT2D eigenvalue weighted by Crippen LogP contribution is -2.19. The summed E-state index contributed by atoms with van der Waals surface area (Å²) in [4.78, 5) is 23.0. The largest absolute Gasteiger partial charge is 0.493 e. The normalized spacial score (nSPS) is 13.6. The number of rotatable bonds is 5. The van der Waals surface area contributed by atoms with Crippen LogP contribution in [0.15, 0.2) is 47.6 Å². The van der Waals surface area contributed by atoms with Crippen LogP contribution in [0.1, 0.15) is 12.0 Å². The van der Waals surface area contributed by atoms with Crippen molar-refractivity contribution in [3.63, 3.8) is 0 Å². The number of amides is 1. The lowest BCUT2D eigenvalue weighted by Gasteiger charge is -2.11. The van der Waals surface area contributed by atoms with Gasteiger partial charge in [0.1, 0.15) is 0 Å². The standard InChI is InChI=1S/C17H15N3O5/c1-24-15-9-11(8-14(20(22)23)17(15)25-2)13-10-16(21)19(18-13)12-6-4-3-5-7-12/h3-9H,10H2,1-2H3. The van der Waals surface area contributed by atoms with Gasteiger partial charge < -0.3 is 9.47 Å². The van der Waals surface area contributed by atoms with E-state index in [2.05, 4.69) is 5.10 Å². The molecule has 2 aromatic carbocycles. The number of hydrogen-bond acceptors (Lipinski definition) is 6. The number of methoxy groups -OCH3 is 2. The van der Waals surface area contributed by atoms with E-state index in [1.54, 1.807) is 30.3 Å².